The summed E-state index contributed by atoms with van der Waals surface area (Å²) in [6.07, 6.45) is 0.838. The molecule has 0 aromatic heterocycles. The van der Waals surface area contributed by atoms with E-state index in [0.717, 1.165) is 30.2 Å². The lowest BCUT2D eigenvalue weighted by Gasteiger charge is -2.23. The number of ketones is 1. The lowest BCUT2D eigenvalue weighted by Crippen LogP contribution is -2.27. The van der Waals surface area contributed by atoms with Crippen molar-refractivity contribution in [3.05, 3.63) is 53.6 Å². The molecule has 1 N–H and O–H groups in total. The fraction of sp³-hybridized carbons (Fsp3) is 0.375. The first-order chi connectivity index (χ1) is 16.0. The maximum atomic E-state index is 13.1. The summed E-state index contributed by atoms with van der Waals surface area (Å²) in [5.74, 6) is -1.41. The lowest BCUT2D eigenvalue weighted by atomic mass is 10.1. The standard InChI is InChI=1S/C24H29N3O6S/c1-16(23(29)18-7-9-19(10-8-18)25-17(2)28)33-24(30)21-15-20(34(31,32)26(3)4)11-12-22(21)27-13-5-6-14-27/h7-12,15-16H,5-6,13-14H2,1-4H3,(H,25,28)/t16-/m1/s1. The van der Waals surface area contributed by atoms with Crippen LogP contribution in [0.4, 0.5) is 11.4 Å². The highest BCUT2D eigenvalue weighted by molar-refractivity contribution is 7.89. The molecule has 1 saturated heterocycles. The Morgan fingerprint density at radius 1 is 1.03 bits per heavy atom. The Balaban J connectivity index is 1.85. The lowest BCUT2D eigenvalue weighted by molar-refractivity contribution is -0.114. The van der Waals surface area contributed by atoms with E-state index in [9.17, 15) is 22.8 Å². The third kappa shape index (κ3) is 5.63. The van der Waals surface area contributed by atoms with E-state index in [4.69, 9.17) is 4.74 Å². The fourth-order valence-electron chi connectivity index (χ4n) is 3.72. The van der Waals surface area contributed by atoms with Crippen LogP contribution in [0.25, 0.3) is 0 Å². The monoisotopic (exact) mass is 487 g/mol. The molecule has 10 heteroatoms. The number of benzene rings is 2. The highest BCUT2D eigenvalue weighted by atomic mass is 32.2. The molecule has 182 valence electrons. The van der Waals surface area contributed by atoms with Crippen LogP contribution in [0.5, 0.6) is 0 Å². The zero-order valence-electron chi connectivity index (χ0n) is 19.7. The van der Waals surface area contributed by atoms with E-state index in [2.05, 4.69) is 5.32 Å². The summed E-state index contributed by atoms with van der Waals surface area (Å²) in [6, 6.07) is 10.7. The maximum absolute atomic E-state index is 13.1. The Kier molecular flexibility index (Phi) is 7.73. The van der Waals surface area contributed by atoms with Gasteiger partial charge in [-0.15, -0.1) is 0 Å². The highest BCUT2D eigenvalue weighted by Gasteiger charge is 2.27. The third-order valence-corrected chi connectivity index (χ3v) is 7.37. The first kappa shape index (κ1) is 25.4. The molecule has 0 bridgehead atoms. The van der Waals surface area contributed by atoms with Crippen molar-refractivity contribution in [1.29, 1.82) is 0 Å². The molecule has 0 spiro atoms. The number of nitrogens with zero attached hydrogens (tertiary/aromatic N) is 2. The summed E-state index contributed by atoms with van der Waals surface area (Å²) in [4.78, 5) is 39.1. The summed E-state index contributed by atoms with van der Waals surface area (Å²) in [7, 11) is -0.931. The number of anilines is 2. The van der Waals surface area contributed by atoms with E-state index in [1.165, 1.54) is 52.2 Å². The Morgan fingerprint density at radius 2 is 1.65 bits per heavy atom. The van der Waals surface area contributed by atoms with Gasteiger partial charge in [0.05, 0.1) is 16.1 Å². The van der Waals surface area contributed by atoms with Crippen LogP contribution in [-0.4, -0.2) is 63.7 Å². The van der Waals surface area contributed by atoms with E-state index in [-0.39, 0.29) is 16.4 Å². The van der Waals surface area contributed by atoms with Gasteiger partial charge in [-0.3, -0.25) is 9.59 Å². The van der Waals surface area contributed by atoms with Crippen LogP contribution < -0.4 is 10.2 Å². The van der Waals surface area contributed by atoms with E-state index >= 15 is 0 Å². The Morgan fingerprint density at radius 3 is 2.21 bits per heavy atom. The third-order valence-electron chi connectivity index (χ3n) is 5.56. The summed E-state index contributed by atoms with van der Waals surface area (Å²) in [5.41, 5.74) is 1.55. The molecular weight excluding hydrogens is 458 g/mol. The molecule has 34 heavy (non-hydrogen) atoms. The van der Waals surface area contributed by atoms with Crippen LogP contribution in [0.2, 0.25) is 0 Å². The van der Waals surface area contributed by atoms with Gasteiger partial charge in [-0.2, -0.15) is 0 Å². The second-order valence-corrected chi connectivity index (χ2v) is 10.5. The fourth-order valence-corrected chi connectivity index (χ4v) is 4.65. The molecule has 1 amide bonds. The van der Waals surface area contributed by atoms with Gasteiger partial charge < -0.3 is 15.0 Å². The second kappa shape index (κ2) is 10.4. The van der Waals surface area contributed by atoms with Gasteiger partial charge in [0, 0.05) is 45.4 Å². The van der Waals surface area contributed by atoms with Crippen molar-refractivity contribution in [2.75, 3.05) is 37.4 Å². The van der Waals surface area contributed by atoms with Crippen molar-refractivity contribution in [1.82, 2.24) is 4.31 Å². The number of rotatable bonds is 8. The van der Waals surface area contributed by atoms with Gasteiger partial charge in [-0.1, -0.05) is 0 Å². The van der Waals surface area contributed by atoms with Gasteiger partial charge in [0.15, 0.2) is 6.10 Å². The molecule has 0 unspecified atom stereocenters. The van der Waals surface area contributed by atoms with Crippen molar-refractivity contribution in [2.45, 2.75) is 37.7 Å². The van der Waals surface area contributed by atoms with Gasteiger partial charge in [0.2, 0.25) is 21.7 Å². The quantitative estimate of drug-likeness (QED) is 0.450. The van der Waals surface area contributed by atoms with Crippen LogP contribution in [0, 0.1) is 0 Å². The number of Topliss-reactive ketones (excluding diaryl/α,β-unsaturated/α-hetero) is 1. The predicted molar refractivity (Wildman–Crippen MR) is 129 cm³/mol. The van der Waals surface area contributed by atoms with Crippen molar-refractivity contribution in [3.8, 4) is 0 Å². The molecule has 1 heterocycles. The molecule has 1 aliphatic heterocycles. The zero-order valence-corrected chi connectivity index (χ0v) is 20.5. The summed E-state index contributed by atoms with van der Waals surface area (Å²) in [6.45, 7) is 4.35. The number of amides is 1. The minimum absolute atomic E-state index is 0.0278. The maximum Gasteiger partial charge on any atom is 0.341 e. The van der Waals surface area contributed by atoms with Crippen LogP contribution in [0.15, 0.2) is 47.4 Å². The molecule has 0 aliphatic carbocycles. The number of carbonyl (C=O) groups excluding carboxylic acids is 3. The zero-order chi connectivity index (χ0) is 25.0. The van der Waals surface area contributed by atoms with Crippen LogP contribution in [-0.2, 0) is 19.6 Å². The van der Waals surface area contributed by atoms with Crippen molar-refractivity contribution in [2.24, 2.45) is 0 Å². The molecule has 2 aromatic carbocycles. The molecule has 3 rings (SSSR count). The molecule has 0 saturated carbocycles. The highest BCUT2D eigenvalue weighted by Crippen LogP contribution is 2.29. The topological polar surface area (TPSA) is 113 Å². The predicted octanol–water partition coefficient (Wildman–Crippen LogP) is 2.92. The number of nitrogens with one attached hydrogen (secondary N) is 1. The van der Waals surface area contributed by atoms with Crippen LogP contribution >= 0.6 is 0 Å². The van der Waals surface area contributed by atoms with Crippen LogP contribution in [0.3, 0.4) is 0 Å². The van der Waals surface area contributed by atoms with Gasteiger partial charge in [0.25, 0.3) is 0 Å². The molecule has 9 nitrogen and oxygen atoms in total. The summed E-state index contributed by atoms with van der Waals surface area (Å²) >= 11 is 0. The number of hydrogen-bond donors (Lipinski definition) is 1. The van der Waals surface area contributed by atoms with Crippen molar-refractivity contribution >= 4 is 39.1 Å². The molecule has 1 aliphatic rings. The number of ether oxygens (including phenoxy) is 1. The number of sulfonamides is 1. The van der Waals surface area contributed by atoms with E-state index in [0.29, 0.717) is 16.9 Å². The first-order valence-corrected chi connectivity index (χ1v) is 12.4. The van der Waals surface area contributed by atoms with Gasteiger partial charge in [-0.05, 0) is 62.2 Å². The minimum Gasteiger partial charge on any atom is -0.451 e. The SMILES string of the molecule is CC(=O)Nc1ccc(C(=O)[C@@H](C)OC(=O)c2cc(S(=O)(=O)N(C)C)ccc2N2CCCC2)cc1. The molecule has 0 radical (unpaired) electrons. The first-order valence-electron chi connectivity index (χ1n) is 10.9. The Bertz CT molecular complexity index is 1190. The Hall–Kier alpha value is -3.24. The normalized spacial score (nSPS) is 14.7. The Labute approximate surface area is 199 Å². The van der Waals surface area contributed by atoms with Gasteiger partial charge in [0.1, 0.15) is 0 Å². The van der Waals surface area contributed by atoms with E-state index in [1.807, 2.05) is 4.90 Å². The van der Waals surface area contributed by atoms with Crippen molar-refractivity contribution < 1.29 is 27.5 Å². The van der Waals surface area contributed by atoms with Crippen molar-refractivity contribution in [3.63, 3.8) is 0 Å². The second-order valence-electron chi connectivity index (χ2n) is 8.33. The summed E-state index contributed by atoms with van der Waals surface area (Å²) in [5, 5.41) is 2.62. The average molecular weight is 488 g/mol. The van der Waals surface area contributed by atoms with Gasteiger partial charge >= 0.3 is 5.97 Å². The number of esters is 1. The summed E-state index contributed by atoms with van der Waals surface area (Å²) < 4.78 is 31.8. The molecular formula is C24H29N3O6S. The van der Waals surface area contributed by atoms with Gasteiger partial charge in [-0.25, -0.2) is 17.5 Å². The largest absolute Gasteiger partial charge is 0.451 e. The molecule has 1 atom stereocenters. The minimum atomic E-state index is -3.76. The number of carbonyl (C=O) groups is 3. The van der Waals surface area contributed by atoms with E-state index < -0.39 is 27.9 Å². The van der Waals surface area contributed by atoms with E-state index in [1.54, 1.807) is 18.2 Å². The molecule has 1 fully saturated rings. The average Bonchev–Trinajstić information content (AvgIpc) is 3.33. The molecule has 2 aromatic rings. The number of hydrogen-bond acceptors (Lipinski definition) is 7. The van der Waals surface area contributed by atoms with Crippen LogP contribution in [0.1, 0.15) is 47.4 Å². The smallest absolute Gasteiger partial charge is 0.341 e.